The first-order chi connectivity index (χ1) is 12.7. The highest BCUT2D eigenvalue weighted by atomic mass is 17.2. The highest BCUT2D eigenvalue weighted by Crippen LogP contribution is 2.13. The molecular formula is C22H44O4. The molecule has 0 spiro atoms. The number of ether oxygens (including phenoxy) is 1. The molecule has 0 aromatic heterocycles. The third kappa shape index (κ3) is 21.3. The summed E-state index contributed by atoms with van der Waals surface area (Å²) in [6.45, 7) is 6.28. The second-order valence-electron chi connectivity index (χ2n) is 7.63. The molecule has 0 aliphatic rings. The molecule has 0 aliphatic carbocycles. The zero-order valence-electron chi connectivity index (χ0n) is 17.7. The fraction of sp³-hybridized carbons (Fsp3) is 0.955. The lowest BCUT2D eigenvalue weighted by atomic mass is 10.0. The Morgan fingerprint density at radius 2 is 1.04 bits per heavy atom. The molecule has 0 heterocycles. The summed E-state index contributed by atoms with van der Waals surface area (Å²) in [6, 6.07) is 0. The van der Waals surface area contributed by atoms with Crippen LogP contribution in [0.3, 0.4) is 0 Å². The van der Waals surface area contributed by atoms with Crippen LogP contribution in [0.15, 0.2) is 0 Å². The molecule has 0 atom stereocenters. The molecule has 0 saturated heterocycles. The van der Waals surface area contributed by atoms with Gasteiger partial charge in [-0.25, -0.2) is 4.79 Å². The van der Waals surface area contributed by atoms with E-state index in [4.69, 9.17) is 9.62 Å². The van der Waals surface area contributed by atoms with E-state index in [2.05, 4.69) is 11.8 Å². The lowest BCUT2D eigenvalue weighted by molar-refractivity contribution is -0.278. The van der Waals surface area contributed by atoms with Gasteiger partial charge in [0.1, 0.15) is 0 Å². The highest BCUT2D eigenvalue weighted by molar-refractivity contribution is 5.58. The van der Waals surface area contributed by atoms with E-state index in [0.29, 0.717) is 6.61 Å². The third-order valence-corrected chi connectivity index (χ3v) is 4.53. The first-order valence-corrected chi connectivity index (χ1v) is 11.2. The van der Waals surface area contributed by atoms with Crippen LogP contribution in [0.1, 0.15) is 124 Å². The maximum absolute atomic E-state index is 11.1. The van der Waals surface area contributed by atoms with Crippen molar-refractivity contribution in [3.63, 3.8) is 0 Å². The van der Waals surface area contributed by atoms with Crippen LogP contribution in [0.5, 0.6) is 0 Å². The van der Waals surface area contributed by atoms with Crippen molar-refractivity contribution in [1.82, 2.24) is 0 Å². The van der Waals surface area contributed by atoms with Crippen LogP contribution in [-0.2, 0) is 14.5 Å². The van der Waals surface area contributed by atoms with E-state index < -0.39 is 6.16 Å². The van der Waals surface area contributed by atoms with Crippen molar-refractivity contribution < 1.29 is 19.3 Å². The maximum atomic E-state index is 11.1. The van der Waals surface area contributed by atoms with Gasteiger partial charge in [-0.15, -0.1) is 0 Å². The molecule has 0 aromatic carbocycles. The molecule has 0 rings (SSSR count). The summed E-state index contributed by atoms with van der Waals surface area (Å²) in [5.41, 5.74) is 0. The molecular weight excluding hydrogens is 328 g/mol. The lowest BCUT2D eigenvalue weighted by Gasteiger charge is -2.07. The average Bonchev–Trinajstić information content (AvgIpc) is 2.62. The fourth-order valence-electron chi connectivity index (χ4n) is 2.97. The summed E-state index contributed by atoms with van der Waals surface area (Å²) in [5.74, 6) is 0. The quantitative estimate of drug-likeness (QED) is 0.101. The van der Waals surface area contributed by atoms with E-state index in [-0.39, 0.29) is 6.10 Å². The van der Waals surface area contributed by atoms with Gasteiger partial charge in [0.2, 0.25) is 0 Å². The van der Waals surface area contributed by atoms with Gasteiger partial charge in [0.25, 0.3) is 0 Å². The molecule has 0 amide bonds. The summed E-state index contributed by atoms with van der Waals surface area (Å²) < 4.78 is 4.93. The Hall–Kier alpha value is -0.770. The second-order valence-corrected chi connectivity index (χ2v) is 7.63. The summed E-state index contributed by atoms with van der Waals surface area (Å²) in [6.07, 6.45) is 20.5. The number of hydrogen-bond acceptors (Lipinski definition) is 4. The summed E-state index contributed by atoms with van der Waals surface area (Å²) in [7, 11) is 0. The Bertz CT molecular complexity index is 292. The van der Waals surface area contributed by atoms with Gasteiger partial charge in [-0.2, -0.15) is 4.89 Å². The molecule has 0 N–H and O–H groups in total. The molecule has 0 saturated carbocycles. The smallest absolute Gasteiger partial charge is 0.432 e. The number of unbranched alkanes of at least 4 members (excludes halogenated alkanes) is 15. The Balaban J connectivity index is 3.08. The van der Waals surface area contributed by atoms with Gasteiger partial charge in [-0.05, 0) is 20.3 Å². The second kappa shape index (κ2) is 20.5. The van der Waals surface area contributed by atoms with E-state index in [0.717, 1.165) is 12.8 Å². The Morgan fingerprint density at radius 1 is 0.654 bits per heavy atom. The number of hydrogen-bond donors (Lipinski definition) is 0. The molecule has 0 unspecified atom stereocenters. The Kier molecular flexibility index (Phi) is 19.9. The number of rotatable bonds is 19. The van der Waals surface area contributed by atoms with Crippen molar-refractivity contribution in [2.45, 2.75) is 130 Å². The first kappa shape index (κ1) is 25.2. The van der Waals surface area contributed by atoms with Gasteiger partial charge in [0.15, 0.2) is 0 Å². The molecule has 0 fully saturated rings. The minimum Gasteiger partial charge on any atom is -0.432 e. The van der Waals surface area contributed by atoms with E-state index >= 15 is 0 Å². The standard InChI is InChI=1S/C22H44O4/c1-4-5-6-7-8-9-10-11-12-13-14-15-16-17-18-19-20-24-22(23)26-25-21(2)3/h21H,4-20H2,1-3H3. The monoisotopic (exact) mass is 372 g/mol. The largest absolute Gasteiger partial charge is 0.540 e. The Morgan fingerprint density at radius 3 is 1.42 bits per heavy atom. The molecule has 26 heavy (non-hydrogen) atoms. The summed E-state index contributed by atoms with van der Waals surface area (Å²) in [5, 5.41) is 0. The van der Waals surface area contributed by atoms with E-state index in [9.17, 15) is 4.79 Å². The zero-order chi connectivity index (χ0) is 19.3. The highest BCUT2D eigenvalue weighted by Gasteiger charge is 2.06. The molecule has 0 radical (unpaired) electrons. The van der Waals surface area contributed by atoms with Crippen LogP contribution < -0.4 is 0 Å². The van der Waals surface area contributed by atoms with Crippen LogP contribution in [0.25, 0.3) is 0 Å². The van der Waals surface area contributed by atoms with Gasteiger partial charge in [-0.1, -0.05) is 103 Å². The predicted octanol–water partition coefficient (Wildman–Crippen LogP) is 7.74. The number of carbonyl (C=O) groups is 1. The SMILES string of the molecule is CCCCCCCCCCCCCCCCCCOC(=O)OOC(C)C. The summed E-state index contributed by atoms with van der Waals surface area (Å²) >= 11 is 0. The van der Waals surface area contributed by atoms with Gasteiger partial charge in [0.05, 0.1) is 12.7 Å². The normalized spacial score (nSPS) is 11.1. The molecule has 0 bridgehead atoms. The molecule has 0 aromatic rings. The summed E-state index contributed by atoms with van der Waals surface area (Å²) in [4.78, 5) is 20.3. The predicted molar refractivity (Wildman–Crippen MR) is 108 cm³/mol. The first-order valence-electron chi connectivity index (χ1n) is 11.2. The van der Waals surface area contributed by atoms with Crippen molar-refractivity contribution in [2.24, 2.45) is 0 Å². The molecule has 4 nitrogen and oxygen atoms in total. The van der Waals surface area contributed by atoms with Gasteiger partial charge >= 0.3 is 6.16 Å². The maximum Gasteiger partial charge on any atom is 0.540 e. The van der Waals surface area contributed by atoms with Crippen molar-refractivity contribution in [3.8, 4) is 0 Å². The topological polar surface area (TPSA) is 44.8 Å². The van der Waals surface area contributed by atoms with Crippen molar-refractivity contribution in [2.75, 3.05) is 6.61 Å². The van der Waals surface area contributed by atoms with Crippen molar-refractivity contribution in [3.05, 3.63) is 0 Å². The van der Waals surface area contributed by atoms with E-state index in [1.54, 1.807) is 13.8 Å². The van der Waals surface area contributed by atoms with Crippen molar-refractivity contribution >= 4 is 6.16 Å². The third-order valence-electron chi connectivity index (χ3n) is 4.53. The minimum atomic E-state index is -0.736. The van der Waals surface area contributed by atoms with E-state index in [1.807, 2.05) is 0 Å². The molecule has 4 heteroatoms. The van der Waals surface area contributed by atoms with Gasteiger partial charge in [0, 0.05) is 0 Å². The fourth-order valence-corrected chi connectivity index (χ4v) is 2.97. The molecule has 0 aliphatic heterocycles. The minimum absolute atomic E-state index is 0.141. The van der Waals surface area contributed by atoms with Crippen LogP contribution in [0, 0.1) is 0 Å². The zero-order valence-corrected chi connectivity index (χ0v) is 17.7. The molecule has 156 valence electrons. The lowest BCUT2D eigenvalue weighted by Crippen LogP contribution is -2.12. The van der Waals surface area contributed by atoms with Crippen molar-refractivity contribution in [1.29, 1.82) is 0 Å². The Labute approximate surface area is 162 Å². The van der Waals surface area contributed by atoms with Gasteiger partial charge < -0.3 is 4.74 Å². The van der Waals surface area contributed by atoms with Gasteiger partial charge in [-0.3, -0.25) is 4.89 Å². The van der Waals surface area contributed by atoms with Crippen LogP contribution >= 0.6 is 0 Å². The number of carbonyl (C=O) groups excluding carboxylic acids is 1. The van der Waals surface area contributed by atoms with Crippen LogP contribution in [0.4, 0.5) is 4.79 Å². The van der Waals surface area contributed by atoms with Crippen LogP contribution in [0.2, 0.25) is 0 Å². The average molecular weight is 373 g/mol. The van der Waals surface area contributed by atoms with Crippen LogP contribution in [-0.4, -0.2) is 18.9 Å². The van der Waals surface area contributed by atoms with E-state index in [1.165, 1.54) is 89.9 Å².